The Morgan fingerprint density at radius 3 is 2.91 bits per heavy atom. The Bertz CT molecular complexity index is 752. The number of benzene rings is 1. The number of rotatable bonds is 2. The molecule has 2 bridgehead atoms. The lowest BCUT2D eigenvalue weighted by atomic mass is 9.94. The van der Waals surface area contributed by atoms with Crippen LogP contribution in [0.1, 0.15) is 24.8 Å². The molecule has 2 fully saturated rings. The summed E-state index contributed by atoms with van der Waals surface area (Å²) in [5.41, 5.74) is 1.05. The van der Waals surface area contributed by atoms with Gasteiger partial charge in [-0.25, -0.2) is 8.60 Å². The zero-order valence-corrected chi connectivity index (χ0v) is 13.0. The zero-order valence-electron chi connectivity index (χ0n) is 12.2. The minimum atomic E-state index is -1.88. The molecule has 3 unspecified atom stereocenters. The van der Waals surface area contributed by atoms with Gasteiger partial charge in [0, 0.05) is 17.6 Å². The monoisotopic (exact) mass is 337 g/mol. The molecular formula is C15H16FN3O3S. The number of nitrogens with one attached hydrogen (secondary N) is 2. The molecule has 8 heteroatoms. The first kappa shape index (κ1) is 14.6. The topological polar surface area (TPSA) is 81.7 Å². The Kier molecular flexibility index (Phi) is 3.38. The Hall–Kier alpha value is -1.93. The molecule has 2 saturated heterocycles. The van der Waals surface area contributed by atoms with E-state index in [0.29, 0.717) is 11.6 Å². The van der Waals surface area contributed by atoms with E-state index in [2.05, 4.69) is 10.0 Å². The maximum absolute atomic E-state index is 15.0. The molecule has 0 saturated carbocycles. The minimum Gasteiger partial charge on any atom is -0.506 e. The standard InChI is InChI=1S/C15H16FN3O3S/c16-14-10(9-3-1-8-2-5-11(9)17-8)4-6-12(20)15(14)19-7-13(21)18-23(19)22/h3-4,6,8,11,17,20H,1-2,5,7H2,(H,18,21). The maximum atomic E-state index is 15.0. The normalized spacial score (nSPS) is 29.6. The number of hydrogen-bond donors (Lipinski definition) is 3. The van der Waals surface area contributed by atoms with Crippen molar-refractivity contribution in [1.82, 2.24) is 10.0 Å². The fraction of sp³-hybridized carbons (Fsp3) is 0.400. The quantitative estimate of drug-likeness (QED) is 0.751. The first-order valence-corrected chi connectivity index (χ1v) is 8.62. The molecule has 0 spiro atoms. The molecule has 3 atom stereocenters. The third-order valence-corrected chi connectivity index (χ3v) is 5.70. The molecular weight excluding hydrogens is 321 g/mol. The lowest BCUT2D eigenvalue weighted by molar-refractivity contribution is -0.117. The highest BCUT2D eigenvalue weighted by Crippen LogP contribution is 2.40. The van der Waals surface area contributed by atoms with E-state index in [-0.39, 0.29) is 24.0 Å². The summed E-state index contributed by atoms with van der Waals surface area (Å²) in [4.78, 5) is 11.4. The average molecular weight is 337 g/mol. The van der Waals surface area contributed by atoms with E-state index in [9.17, 15) is 14.1 Å². The van der Waals surface area contributed by atoms with Gasteiger partial charge in [0.2, 0.25) is 11.2 Å². The van der Waals surface area contributed by atoms with Crippen LogP contribution < -0.4 is 14.3 Å². The van der Waals surface area contributed by atoms with Gasteiger partial charge >= 0.3 is 0 Å². The summed E-state index contributed by atoms with van der Waals surface area (Å²) in [6, 6.07) is 3.48. The number of nitrogens with zero attached hydrogens (tertiary/aromatic N) is 1. The summed E-state index contributed by atoms with van der Waals surface area (Å²) in [6.45, 7) is -0.247. The smallest absolute Gasteiger partial charge is 0.253 e. The van der Waals surface area contributed by atoms with Crippen molar-refractivity contribution in [2.24, 2.45) is 0 Å². The van der Waals surface area contributed by atoms with Crippen molar-refractivity contribution in [2.75, 3.05) is 10.8 Å². The number of hydrogen-bond acceptors (Lipinski definition) is 4. The van der Waals surface area contributed by atoms with E-state index in [1.807, 2.05) is 6.08 Å². The van der Waals surface area contributed by atoms with Gasteiger partial charge in [-0.15, -0.1) is 0 Å². The van der Waals surface area contributed by atoms with Crippen molar-refractivity contribution in [3.05, 3.63) is 29.6 Å². The number of carbonyl (C=O) groups is 1. The van der Waals surface area contributed by atoms with Crippen LogP contribution in [-0.2, 0) is 16.0 Å². The van der Waals surface area contributed by atoms with Crippen molar-refractivity contribution in [3.8, 4) is 5.75 Å². The third kappa shape index (κ3) is 2.33. The van der Waals surface area contributed by atoms with Gasteiger partial charge in [-0.1, -0.05) is 6.08 Å². The second kappa shape index (κ2) is 5.31. The zero-order chi connectivity index (χ0) is 16.1. The molecule has 3 N–H and O–H groups in total. The highest BCUT2D eigenvalue weighted by molar-refractivity contribution is 7.85. The van der Waals surface area contributed by atoms with Gasteiger partial charge in [-0.05, 0) is 37.0 Å². The van der Waals surface area contributed by atoms with Gasteiger partial charge in [-0.3, -0.25) is 13.8 Å². The van der Waals surface area contributed by atoms with E-state index in [4.69, 9.17) is 0 Å². The van der Waals surface area contributed by atoms with Crippen LogP contribution in [0.15, 0.2) is 18.2 Å². The van der Waals surface area contributed by atoms with Crippen molar-refractivity contribution in [2.45, 2.75) is 31.3 Å². The number of phenols is 1. The van der Waals surface area contributed by atoms with Crippen LogP contribution in [0.4, 0.5) is 10.1 Å². The Labute approximate surface area is 135 Å². The van der Waals surface area contributed by atoms with Gasteiger partial charge in [0.25, 0.3) is 5.91 Å². The summed E-state index contributed by atoms with van der Waals surface area (Å²) in [5.74, 6) is -1.44. The Morgan fingerprint density at radius 2 is 2.17 bits per heavy atom. The van der Waals surface area contributed by atoms with Crippen molar-refractivity contribution in [3.63, 3.8) is 0 Å². The Morgan fingerprint density at radius 1 is 1.35 bits per heavy atom. The summed E-state index contributed by atoms with van der Waals surface area (Å²) in [6.07, 6.45) is 4.88. The van der Waals surface area contributed by atoms with Crippen molar-refractivity contribution >= 4 is 28.3 Å². The predicted molar refractivity (Wildman–Crippen MR) is 84.2 cm³/mol. The van der Waals surface area contributed by atoms with Gasteiger partial charge in [0.05, 0.1) is 0 Å². The van der Waals surface area contributed by atoms with Crippen LogP contribution in [0.2, 0.25) is 0 Å². The number of halogens is 1. The number of anilines is 1. The number of fused-ring (bicyclic) bond motifs is 2. The number of aromatic hydroxyl groups is 1. The van der Waals surface area contributed by atoms with Gasteiger partial charge in [0.15, 0.2) is 5.82 Å². The van der Waals surface area contributed by atoms with Crippen LogP contribution >= 0.6 is 0 Å². The third-order valence-electron chi connectivity index (χ3n) is 4.58. The van der Waals surface area contributed by atoms with Crippen LogP contribution in [0, 0.1) is 5.82 Å². The lowest BCUT2D eigenvalue weighted by Gasteiger charge is -2.25. The van der Waals surface area contributed by atoms with E-state index < -0.39 is 22.9 Å². The fourth-order valence-electron chi connectivity index (χ4n) is 3.51. The largest absolute Gasteiger partial charge is 0.506 e. The SMILES string of the molecule is O=C1CN(c2c(O)ccc(C3=CCC4CCC3N4)c2F)S(=O)N1. The van der Waals surface area contributed by atoms with Gasteiger partial charge < -0.3 is 10.4 Å². The highest BCUT2D eigenvalue weighted by atomic mass is 32.2. The van der Waals surface area contributed by atoms with E-state index in [1.165, 1.54) is 12.1 Å². The summed E-state index contributed by atoms with van der Waals surface area (Å²) in [5, 5.41) is 13.5. The Balaban J connectivity index is 1.78. The molecule has 3 aliphatic rings. The molecule has 1 aromatic rings. The molecule has 3 aliphatic heterocycles. The average Bonchev–Trinajstić information content (AvgIpc) is 3.04. The molecule has 3 heterocycles. The fourth-order valence-corrected chi connectivity index (χ4v) is 4.45. The van der Waals surface area contributed by atoms with Crippen molar-refractivity contribution in [1.29, 1.82) is 0 Å². The number of carbonyl (C=O) groups excluding carboxylic acids is 1. The van der Waals surface area contributed by atoms with Crippen LogP contribution in [0.5, 0.6) is 5.75 Å². The summed E-state index contributed by atoms with van der Waals surface area (Å²) in [7, 11) is 0. The van der Waals surface area contributed by atoms with Crippen LogP contribution in [0.25, 0.3) is 5.57 Å². The molecule has 0 radical (unpaired) electrons. The predicted octanol–water partition coefficient (Wildman–Crippen LogP) is 0.954. The van der Waals surface area contributed by atoms with Crippen LogP contribution in [0.3, 0.4) is 0 Å². The van der Waals surface area contributed by atoms with E-state index in [1.54, 1.807) is 0 Å². The van der Waals surface area contributed by atoms with Crippen LogP contribution in [-0.4, -0.2) is 33.9 Å². The number of phenolic OH excluding ortho intramolecular Hbond substituents is 1. The van der Waals surface area contributed by atoms with E-state index >= 15 is 4.39 Å². The van der Waals surface area contributed by atoms with Gasteiger partial charge in [-0.2, -0.15) is 0 Å². The molecule has 6 nitrogen and oxygen atoms in total. The number of amides is 1. The lowest BCUT2D eigenvalue weighted by Crippen LogP contribution is -2.33. The molecule has 1 aromatic carbocycles. The second-order valence-corrected chi connectivity index (χ2v) is 7.14. The molecule has 23 heavy (non-hydrogen) atoms. The summed E-state index contributed by atoms with van der Waals surface area (Å²) < 4.78 is 30.2. The molecule has 122 valence electrons. The highest BCUT2D eigenvalue weighted by Gasteiger charge is 2.35. The minimum absolute atomic E-state index is 0.101. The molecule has 1 amide bonds. The second-order valence-electron chi connectivity index (χ2n) is 5.99. The molecule has 4 rings (SSSR count). The first-order chi connectivity index (χ1) is 11.0. The first-order valence-electron chi connectivity index (χ1n) is 7.51. The molecule has 0 aromatic heterocycles. The molecule has 0 aliphatic carbocycles. The van der Waals surface area contributed by atoms with E-state index in [0.717, 1.165) is 29.1 Å². The van der Waals surface area contributed by atoms with Gasteiger partial charge in [0.1, 0.15) is 18.0 Å². The maximum Gasteiger partial charge on any atom is 0.253 e. The van der Waals surface area contributed by atoms with Crippen molar-refractivity contribution < 1.29 is 18.5 Å². The summed E-state index contributed by atoms with van der Waals surface area (Å²) >= 11 is -1.88.